The highest BCUT2D eigenvalue weighted by molar-refractivity contribution is 8.00. The van der Waals surface area contributed by atoms with Crippen molar-refractivity contribution in [2.45, 2.75) is 127 Å². The number of aliphatic hydroxyl groups excluding tert-OH is 1. The molecule has 0 bridgehead atoms. The maximum Gasteiger partial charge on any atom is 0.355 e. The Kier molecular flexibility index (Phi) is 17.7. The summed E-state index contributed by atoms with van der Waals surface area (Å²) in [7, 11) is 0. The Morgan fingerprint density at radius 1 is 0.902 bits per heavy atom. The van der Waals surface area contributed by atoms with Crippen LogP contribution in [0.1, 0.15) is 114 Å². The average molecular weight is 1170 g/mol. The number of carbonyl (C=O) groups is 5. The zero-order chi connectivity index (χ0) is 57.7. The van der Waals surface area contributed by atoms with E-state index in [1.165, 1.54) is 28.0 Å². The predicted octanol–water partition coefficient (Wildman–Crippen LogP) is 10.7. The number of carbonyl (C=O) groups excluding carboxylic acids is 4. The van der Waals surface area contributed by atoms with Crippen LogP contribution in [0.3, 0.4) is 0 Å². The van der Waals surface area contributed by atoms with Crippen molar-refractivity contribution < 1.29 is 43.3 Å². The number of para-hydroxylation sites is 1. The molecule has 82 heavy (non-hydrogen) atoms. The van der Waals surface area contributed by atoms with Gasteiger partial charge in [0.2, 0.25) is 11.8 Å². The molecule has 3 atom stereocenters. The van der Waals surface area contributed by atoms with Gasteiger partial charge in [-0.2, -0.15) is 11.8 Å². The SMILES string of the molecule is Cc1ncsc1-c1ccc(CNC(=O)C2CC(O)CN2C(=O)C(NC(=O)C2(F)CC2)C(C)(C)SCCCCCCCOc2cccc(-c3ccc(N4CCc5cccc(C(=O)Nc6nc7ccccc7s6)c5C4)nc3C(=O)O)c2C)cc1. The van der Waals surface area contributed by atoms with E-state index in [0.717, 1.165) is 80.7 Å². The van der Waals surface area contributed by atoms with E-state index in [9.17, 15) is 34.2 Å². The number of nitrogens with zero attached hydrogens (tertiary/aromatic N) is 5. The highest BCUT2D eigenvalue weighted by atomic mass is 32.2. The number of thiazole rings is 2. The number of likely N-dealkylation sites (tertiary alicyclic amines) is 1. The molecule has 1 saturated carbocycles. The quantitative estimate of drug-likeness (QED) is 0.0377. The largest absolute Gasteiger partial charge is 0.493 e. The minimum atomic E-state index is -2.02. The molecular formula is C62H67FN8O8S3. The number of nitrogens with one attached hydrogen (secondary N) is 3. The Morgan fingerprint density at radius 3 is 2.43 bits per heavy atom. The van der Waals surface area contributed by atoms with Gasteiger partial charge in [-0.25, -0.2) is 24.1 Å². The topological polar surface area (TPSA) is 216 Å². The molecule has 7 aromatic rings. The summed E-state index contributed by atoms with van der Waals surface area (Å²) < 4.78 is 21.5. The summed E-state index contributed by atoms with van der Waals surface area (Å²) in [4.78, 5) is 86.0. The number of halogens is 1. The number of fused-ring (bicyclic) bond motifs is 2. The van der Waals surface area contributed by atoms with Gasteiger partial charge in [0.05, 0.1) is 39.0 Å². The lowest BCUT2D eigenvalue weighted by Gasteiger charge is -2.37. The lowest BCUT2D eigenvalue weighted by Crippen LogP contribution is -2.61. The van der Waals surface area contributed by atoms with Gasteiger partial charge in [-0.1, -0.05) is 91.3 Å². The fraction of sp³-hybridized carbons (Fsp3) is 0.387. The van der Waals surface area contributed by atoms with E-state index in [4.69, 9.17) is 9.72 Å². The lowest BCUT2D eigenvalue weighted by molar-refractivity contribution is -0.143. The molecule has 4 aromatic carbocycles. The van der Waals surface area contributed by atoms with Crippen LogP contribution in [-0.2, 0) is 33.9 Å². The maximum absolute atomic E-state index is 15.2. The molecule has 20 heteroatoms. The van der Waals surface area contributed by atoms with Crippen molar-refractivity contribution in [3.8, 4) is 27.3 Å². The molecule has 3 aliphatic rings. The molecule has 0 spiro atoms. The van der Waals surface area contributed by atoms with Crippen molar-refractivity contribution in [3.05, 3.63) is 142 Å². The summed E-state index contributed by atoms with van der Waals surface area (Å²) >= 11 is 4.48. The minimum absolute atomic E-state index is 0.0381. The van der Waals surface area contributed by atoms with Crippen LogP contribution in [0.4, 0.5) is 15.3 Å². The first-order chi connectivity index (χ1) is 39.5. The van der Waals surface area contributed by atoms with Gasteiger partial charge < -0.3 is 35.4 Å². The molecule has 5 N–H and O–H groups in total. The number of amides is 4. The molecule has 2 fully saturated rings. The number of carboxylic acids is 1. The van der Waals surface area contributed by atoms with E-state index in [0.29, 0.717) is 65.3 Å². The van der Waals surface area contributed by atoms with Crippen LogP contribution < -0.4 is 25.6 Å². The van der Waals surface area contributed by atoms with E-state index in [1.807, 2.05) is 118 Å². The number of β-amino-alcohol motifs (C(OH)–C–C–N with tert-alkyl or cyclic N) is 1. The molecule has 2 aliphatic heterocycles. The van der Waals surface area contributed by atoms with Gasteiger partial charge in [0.1, 0.15) is 23.7 Å². The summed E-state index contributed by atoms with van der Waals surface area (Å²) in [6, 6.07) is 28.3. The Labute approximate surface area is 488 Å². The molecule has 3 unspecified atom stereocenters. The Bertz CT molecular complexity index is 3480. The van der Waals surface area contributed by atoms with Crippen LogP contribution >= 0.6 is 34.4 Å². The molecule has 428 valence electrons. The Hall–Kier alpha value is -7.26. The van der Waals surface area contributed by atoms with Crippen LogP contribution in [0, 0.1) is 13.8 Å². The van der Waals surface area contributed by atoms with Gasteiger partial charge >= 0.3 is 5.97 Å². The number of hydrogen-bond donors (Lipinski definition) is 5. The molecule has 3 aromatic heterocycles. The molecule has 10 rings (SSSR count). The smallest absolute Gasteiger partial charge is 0.355 e. The molecule has 0 radical (unpaired) electrons. The summed E-state index contributed by atoms with van der Waals surface area (Å²) in [5, 5.41) is 30.5. The summed E-state index contributed by atoms with van der Waals surface area (Å²) in [6.45, 7) is 9.11. The van der Waals surface area contributed by atoms with E-state index in [1.54, 1.807) is 29.0 Å². The number of anilines is 2. The zero-order valence-electron chi connectivity index (χ0n) is 46.3. The van der Waals surface area contributed by atoms with E-state index in [-0.39, 0.29) is 44.0 Å². The molecular weight excluding hydrogens is 1100 g/mol. The number of aryl methyl sites for hydroxylation is 1. The third-order valence-electron chi connectivity index (χ3n) is 15.6. The van der Waals surface area contributed by atoms with Crippen molar-refractivity contribution >= 4 is 85.2 Å². The predicted molar refractivity (Wildman–Crippen MR) is 321 cm³/mol. The third kappa shape index (κ3) is 13.1. The number of thioether (sulfide) groups is 1. The first-order valence-corrected chi connectivity index (χ1v) is 30.5. The normalized spacial score (nSPS) is 16.8. The molecule has 5 heterocycles. The zero-order valence-corrected chi connectivity index (χ0v) is 48.8. The van der Waals surface area contributed by atoms with Gasteiger partial charge in [0.25, 0.3) is 11.8 Å². The van der Waals surface area contributed by atoms with Gasteiger partial charge in [-0.15, -0.1) is 11.3 Å². The number of hydrogen-bond acceptors (Lipinski definition) is 14. The number of unbranched alkanes of at least 4 members (excludes halogenated alkanes) is 4. The highest BCUT2D eigenvalue weighted by Crippen LogP contribution is 2.42. The number of carboxylic acid groups (broad SMARTS) is 1. The lowest BCUT2D eigenvalue weighted by atomic mass is 9.94. The van der Waals surface area contributed by atoms with Gasteiger partial charge in [-0.3, -0.25) is 24.5 Å². The number of benzene rings is 4. The average Bonchev–Trinajstić information content (AvgIpc) is 3.92. The molecule has 1 aliphatic carbocycles. The number of rotatable bonds is 23. The number of aromatic carboxylic acids is 1. The Morgan fingerprint density at radius 2 is 1.67 bits per heavy atom. The second-order valence-corrected chi connectivity index (χ2v) is 25.5. The van der Waals surface area contributed by atoms with Crippen molar-refractivity contribution in [2.24, 2.45) is 0 Å². The number of aromatic nitrogens is 3. The fourth-order valence-corrected chi connectivity index (χ4v) is 13.6. The van der Waals surface area contributed by atoms with Crippen molar-refractivity contribution in [1.82, 2.24) is 30.5 Å². The highest BCUT2D eigenvalue weighted by Gasteiger charge is 2.54. The standard InChI is InChI=1S/C62H67FN8O8S3/c1-37-43(44-24-25-51(67-52(44)58(76)77)70-29-26-40-14-12-16-45(46(40)35-70)55(73)69-60-66-47-17-8-9-19-50(47)82-60)15-13-18-49(37)79-30-10-6-5-7-11-31-81-61(3,4)54(68-59(78)62(63)27-28-62)57(75)71-34-42(72)32-48(71)56(74)64-33-39-20-22-41(23-21-39)53-38(2)65-36-80-53/h8-9,12-25,36,42,48,54,72H,5-7,10-11,26-35H2,1-4H3,(H,64,74)(H,68,78)(H,76,77)(H,66,69,73). The minimum Gasteiger partial charge on any atom is -0.493 e. The van der Waals surface area contributed by atoms with Crippen LogP contribution in [0.15, 0.2) is 103 Å². The maximum atomic E-state index is 15.2. The van der Waals surface area contributed by atoms with Crippen LogP contribution in [-0.4, -0.2) is 114 Å². The van der Waals surface area contributed by atoms with Crippen molar-refractivity contribution in [2.75, 3.05) is 35.7 Å². The second-order valence-electron chi connectivity index (χ2n) is 21.9. The number of pyridine rings is 1. The molecule has 1 saturated heterocycles. The first kappa shape index (κ1) is 58.0. The first-order valence-electron chi connectivity index (χ1n) is 27.9. The van der Waals surface area contributed by atoms with Gasteiger partial charge in [0, 0.05) is 48.5 Å². The van der Waals surface area contributed by atoms with Crippen molar-refractivity contribution in [3.63, 3.8) is 0 Å². The van der Waals surface area contributed by atoms with E-state index in [2.05, 4.69) is 25.9 Å². The van der Waals surface area contributed by atoms with Crippen LogP contribution in [0.25, 0.3) is 31.8 Å². The van der Waals surface area contributed by atoms with Gasteiger partial charge in [-0.05, 0) is 135 Å². The van der Waals surface area contributed by atoms with Crippen molar-refractivity contribution in [1.29, 1.82) is 0 Å². The Balaban J connectivity index is 0.698. The summed E-state index contributed by atoms with van der Waals surface area (Å²) in [5.74, 6) is -1.38. The summed E-state index contributed by atoms with van der Waals surface area (Å²) in [5.41, 5.74) is 7.77. The van der Waals surface area contributed by atoms with Crippen LogP contribution in [0.2, 0.25) is 0 Å². The number of aliphatic hydroxyl groups is 1. The van der Waals surface area contributed by atoms with E-state index >= 15 is 4.39 Å². The fourth-order valence-electron chi connectivity index (χ4n) is 10.7. The third-order valence-corrected chi connectivity index (χ3v) is 19.0. The number of ether oxygens (including phenoxy) is 1. The van der Waals surface area contributed by atoms with E-state index < -0.39 is 52.3 Å². The van der Waals surface area contributed by atoms with Gasteiger partial charge in [0.15, 0.2) is 16.5 Å². The molecule has 16 nitrogen and oxygen atoms in total. The summed E-state index contributed by atoms with van der Waals surface area (Å²) in [6.07, 6.45) is 4.24. The molecule has 4 amide bonds. The monoisotopic (exact) mass is 1170 g/mol. The van der Waals surface area contributed by atoms with Crippen LogP contribution in [0.5, 0.6) is 5.75 Å². The number of alkyl halides is 1. The second kappa shape index (κ2) is 25.1.